The highest BCUT2D eigenvalue weighted by Gasteiger charge is 2.45. The summed E-state index contributed by atoms with van der Waals surface area (Å²) in [5, 5.41) is 29.0. The molecule has 1 saturated carbocycles. The van der Waals surface area contributed by atoms with E-state index in [1.807, 2.05) is 24.8 Å². The SMILES string of the molecule is Cc1cc(CCCCC2CC3(CCN(C(=O)OC(C)C)CC3)C2)ccc1C(O)CCC(CO)CO. The molecule has 0 radical (unpaired) electrons. The van der Waals surface area contributed by atoms with Gasteiger partial charge in [-0.1, -0.05) is 31.0 Å². The largest absolute Gasteiger partial charge is 0.447 e. The van der Waals surface area contributed by atoms with Crippen LogP contribution in [0.1, 0.15) is 94.4 Å². The molecule has 2 fully saturated rings. The smallest absolute Gasteiger partial charge is 0.410 e. The molecule has 1 saturated heterocycles. The Morgan fingerprint density at radius 2 is 1.80 bits per heavy atom. The minimum absolute atomic E-state index is 0.0452. The Morgan fingerprint density at radius 3 is 2.40 bits per heavy atom. The van der Waals surface area contributed by atoms with Crippen LogP contribution in [0.15, 0.2) is 18.2 Å². The highest BCUT2D eigenvalue weighted by Crippen LogP contribution is 2.54. The van der Waals surface area contributed by atoms with Gasteiger partial charge in [-0.05, 0) is 100 Å². The third-order valence-corrected chi connectivity index (χ3v) is 8.25. The second kappa shape index (κ2) is 13.1. The van der Waals surface area contributed by atoms with Crippen LogP contribution in [-0.4, -0.2) is 58.7 Å². The fourth-order valence-corrected chi connectivity index (χ4v) is 6.04. The van der Waals surface area contributed by atoms with Gasteiger partial charge < -0.3 is 25.0 Å². The van der Waals surface area contributed by atoms with Gasteiger partial charge in [0, 0.05) is 32.2 Å². The summed E-state index contributed by atoms with van der Waals surface area (Å²) in [5.74, 6) is 0.682. The number of aryl methyl sites for hydroxylation is 2. The van der Waals surface area contributed by atoms with Gasteiger partial charge in [0.2, 0.25) is 0 Å². The first-order valence-electron chi connectivity index (χ1n) is 13.7. The molecule has 6 nitrogen and oxygen atoms in total. The second-order valence-electron chi connectivity index (χ2n) is 11.5. The molecule has 1 unspecified atom stereocenters. The first kappa shape index (κ1) is 27.9. The molecule has 1 amide bonds. The molecule has 35 heavy (non-hydrogen) atoms. The summed E-state index contributed by atoms with van der Waals surface area (Å²) >= 11 is 0. The van der Waals surface area contributed by atoms with Crippen molar-refractivity contribution in [3.63, 3.8) is 0 Å². The molecule has 3 rings (SSSR count). The number of ether oxygens (including phenoxy) is 1. The van der Waals surface area contributed by atoms with Crippen LogP contribution in [0, 0.1) is 24.2 Å². The molecule has 1 atom stereocenters. The number of likely N-dealkylation sites (tertiary alicyclic amines) is 1. The Balaban J connectivity index is 1.32. The molecule has 6 heteroatoms. The number of aliphatic hydroxyl groups is 3. The van der Waals surface area contributed by atoms with E-state index in [-0.39, 0.29) is 31.3 Å². The van der Waals surface area contributed by atoms with Gasteiger partial charge in [-0.25, -0.2) is 4.79 Å². The number of carbonyl (C=O) groups excluding carboxylic acids is 1. The Kier molecular flexibility index (Phi) is 10.4. The number of aliphatic hydroxyl groups excluding tert-OH is 3. The number of carbonyl (C=O) groups is 1. The van der Waals surface area contributed by atoms with Crippen molar-refractivity contribution in [2.24, 2.45) is 17.3 Å². The second-order valence-corrected chi connectivity index (χ2v) is 11.5. The van der Waals surface area contributed by atoms with Gasteiger partial charge in [0.25, 0.3) is 0 Å². The number of nitrogens with zero attached hydrogens (tertiary/aromatic N) is 1. The Bertz CT molecular complexity index is 790. The topological polar surface area (TPSA) is 90.2 Å². The fourth-order valence-electron chi connectivity index (χ4n) is 6.04. The number of amides is 1. The number of unbranched alkanes of at least 4 members (excludes halogenated alkanes) is 1. The number of benzene rings is 1. The molecule has 0 aromatic heterocycles. The van der Waals surface area contributed by atoms with E-state index in [1.54, 1.807) is 0 Å². The van der Waals surface area contributed by atoms with Gasteiger partial charge in [0.05, 0.1) is 12.2 Å². The molecule has 0 bridgehead atoms. The summed E-state index contributed by atoms with van der Waals surface area (Å²) in [6.45, 7) is 7.44. The average Bonchev–Trinajstić information content (AvgIpc) is 2.81. The molecular weight excluding hydrogens is 442 g/mol. The maximum absolute atomic E-state index is 12.1. The Labute approximate surface area is 211 Å². The molecule has 1 aliphatic heterocycles. The van der Waals surface area contributed by atoms with Crippen molar-refractivity contribution in [2.75, 3.05) is 26.3 Å². The van der Waals surface area contributed by atoms with E-state index in [2.05, 4.69) is 19.1 Å². The molecule has 1 aliphatic carbocycles. The van der Waals surface area contributed by atoms with Crippen LogP contribution in [0.2, 0.25) is 0 Å². The molecule has 1 aromatic carbocycles. The van der Waals surface area contributed by atoms with Crippen LogP contribution in [-0.2, 0) is 11.2 Å². The number of hydrogen-bond donors (Lipinski definition) is 3. The van der Waals surface area contributed by atoms with Crippen LogP contribution < -0.4 is 0 Å². The van der Waals surface area contributed by atoms with Crippen LogP contribution in [0.25, 0.3) is 0 Å². The summed E-state index contributed by atoms with van der Waals surface area (Å²) < 4.78 is 5.34. The number of piperidine rings is 1. The zero-order chi connectivity index (χ0) is 25.4. The first-order chi connectivity index (χ1) is 16.7. The molecule has 3 N–H and O–H groups in total. The predicted molar refractivity (Wildman–Crippen MR) is 138 cm³/mol. The third kappa shape index (κ3) is 7.93. The quantitative estimate of drug-likeness (QED) is 0.353. The van der Waals surface area contributed by atoms with Crippen LogP contribution in [0.3, 0.4) is 0 Å². The maximum Gasteiger partial charge on any atom is 0.410 e. The standard InChI is InChI=1S/C29H47NO5/c1-21(2)35-28(34)30-14-12-29(13-15-30)17-24(18-29)7-5-4-6-23-8-10-26(22(3)16-23)27(33)11-9-25(19-31)20-32/h8,10,16,21,24-25,27,31-33H,4-7,9,11-15,17-20H2,1-3H3. The average molecular weight is 490 g/mol. The fraction of sp³-hybridized carbons (Fsp3) is 0.759. The summed E-state index contributed by atoms with van der Waals surface area (Å²) in [4.78, 5) is 14.0. The van der Waals surface area contributed by atoms with E-state index in [0.717, 1.165) is 49.4 Å². The predicted octanol–water partition coefficient (Wildman–Crippen LogP) is 5.16. The van der Waals surface area contributed by atoms with E-state index < -0.39 is 6.10 Å². The van der Waals surface area contributed by atoms with Gasteiger partial charge in [0.1, 0.15) is 0 Å². The lowest BCUT2D eigenvalue weighted by molar-refractivity contribution is -0.0196. The Hall–Kier alpha value is -1.63. The van der Waals surface area contributed by atoms with Crippen molar-refractivity contribution in [3.8, 4) is 0 Å². The van der Waals surface area contributed by atoms with Gasteiger partial charge in [-0.2, -0.15) is 0 Å². The van der Waals surface area contributed by atoms with Crippen LogP contribution >= 0.6 is 0 Å². The summed E-state index contributed by atoms with van der Waals surface area (Å²) in [7, 11) is 0. The van der Waals surface area contributed by atoms with E-state index in [4.69, 9.17) is 4.74 Å². The van der Waals surface area contributed by atoms with Crippen molar-refractivity contribution in [1.29, 1.82) is 0 Å². The molecule has 1 spiro atoms. The van der Waals surface area contributed by atoms with Gasteiger partial charge in [-0.15, -0.1) is 0 Å². The van der Waals surface area contributed by atoms with Gasteiger partial charge in [-0.3, -0.25) is 0 Å². The highest BCUT2D eigenvalue weighted by molar-refractivity contribution is 5.67. The van der Waals surface area contributed by atoms with E-state index in [0.29, 0.717) is 18.3 Å². The highest BCUT2D eigenvalue weighted by atomic mass is 16.6. The van der Waals surface area contributed by atoms with Crippen molar-refractivity contribution in [3.05, 3.63) is 34.9 Å². The van der Waals surface area contributed by atoms with E-state index >= 15 is 0 Å². The summed E-state index contributed by atoms with van der Waals surface area (Å²) in [5.41, 5.74) is 3.87. The first-order valence-corrected chi connectivity index (χ1v) is 13.7. The zero-order valence-corrected chi connectivity index (χ0v) is 22.0. The Morgan fingerprint density at radius 1 is 1.11 bits per heavy atom. The normalized spacial score (nSPS) is 18.8. The minimum Gasteiger partial charge on any atom is -0.447 e. The molecule has 198 valence electrons. The number of hydrogen-bond acceptors (Lipinski definition) is 5. The van der Waals surface area contributed by atoms with Crippen LogP contribution in [0.4, 0.5) is 4.79 Å². The van der Waals surface area contributed by atoms with E-state index in [9.17, 15) is 20.1 Å². The van der Waals surface area contributed by atoms with Gasteiger partial charge in [0.15, 0.2) is 0 Å². The number of rotatable bonds is 12. The lowest BCUT2D eigenvalue weighted by Gasteiger charge is -2.52. The summed E-state index contributed by atoms with van der Waals surface area (Å²) in [6, 6.07) is 6.38. The van der Waals surface area contributed by atoms with Crippen molar-refractivity contribution < 1.29 is 24.9 Å². The minimum atomic E-state index is -0.552. The molecule has 1 aromatic rings. The van der Waals surface area contributed by atoms with E-state index in [1.165, 1.54) is 37.7 Å². The lowest BCUT2D eigenvalue weighted by Crippen LogP contribution is -2.49. The van der Waals surface area contributed by atoms with Crippen molar-refractivity contribution in [2.45, 2.75) is 97.2 Å². The third-order valence-electron chi connectivity index (χ3n) is 8.25. The molecular formula is C29H47NO5. The molecule has 1 heterocycles. The monoisotopic (exact) mass is 489 g/mol. The van der Waals surface area contributed by atoms with Gasteiger partial charge >= 0.3 is 6.09 Å². The zero-order valence-electron chi connectivity index (χ0n) is 22.0. The summed E-state index contributed by atoms with van der Waals surface area (Å²) in [6.07, 6.45) is 10.1. The molecule has 2 aliphatic rings. The van der Waals surface area contributed by atoms with Crippen molar-refractivity contribution in [1.82, 2.24) is 4.90 Å². The lowest BCUT2D eigenvalue weighted by atomic mass is 9.56. The van der Waals surface area contributed by atoms with Crippen molar-refractivity contribution >= 4 is 6.09 Å². The maximum atomic E-state index is 12.1. The van der Waals surface area contributed by atoms with Crippen LogP contribution in [0.5, 0.6) is 0 Å².